The first-order valence-electron chi connectivity index (χ1n) is 8.70. The number of carbonyl (C=O) groups excluding carboxylic acids is 1. The second-order valence-electron chi connectivity index (χ2n) is 6.33. The minimum Gasteiger partial charge on any atom is -0.355 e. The van der Waals surface area contributed by atoms with E-state index in [1.807, 2.05) is 25.1 Å². The van der Waals surface area contributed by atoms with E-state index in [0.717, 1.165) is 12.1 Å². The minimum atomic E-state index is -0.00371. The quantitative estimate of drug-likeness (QED) is 0.888. The lowest BCUT2D eigenvalue weighted by Gasteiger charge is -2.39. The maximum Gasteiger partial charge on any atom is 0.241 e. The van der Waals surface area contributed by atoms with Gasteiger partial charge < -0.3 is 10.2 Å². The highest BCUT2D eigenvalue weighted by Gasteiger charge is 2.31. The summed E-state index contributed by atoms with van der Waals surface area (Å²) in [5.74, 6) is 0.606. The molecular weight excluding hydrogens is 328 g/mol. The summed E-state index contributed by atoms with van der Waals surface area (Å²) >= 11 is 0. The van der Waals surface area contributed by atoms with E-state index in [2.05, 4.69) is 33.2 Å². The molecule has 0 aliphatic carbocycles. The first-order valence-corrected chi connectivity index (χ1v) is 8.70. The second-order valence-corrected chi connectivity index (χ2v) is 6.33. The molecule has 1 N–H and O–H groups in total. The molecule has 0 saturated carbocycles. The predicted octanol–water partition coefficient (Wildman–Crippen LogP) is 2.02. The van der Waals surface area contributed by atoms with Crippen LogP contribution in [-0.4, -0.2) is 46.5 Å². The molecule has 0 unspecified atom stereocenters. The summed E-state index contributed by atoms with van der Waals surface area (Å²) in [6.07, 6.45) is 3.58. The predicted molar refractivity (Wildman–Crippen MR) is 99.6 cm³/mol. The van der Waals surface area contributed by atoms with Gasteiger partial charge in [-0.25, -0.2) is 9.97 Å². The van der Waals surface area contributed by atoms with E-state index >= 15 is 0 Å². The third-order valence-corrected chi connectivity index (χ3v) is 4.45. The van der Waals surface area contributed by atoms with E-state index in [9.17, 15) is 10.1 Å². The summed E-state index contributed by atoms with van der Waals surface area (Å²) in [7, 11) is 0. The number of nitrogens with zero attached hydrogens (tertiary/aromatic N) is 5. The lowest BCUT2D eigenvalue weighted by molar-refractivity contribution is -0.122. The maximum atomic E-state index is 12.7. The number of rotatable bonds is 5. The van der Waals surface area contributed by atoms with Gasteiger partial charge in [0.1, 0.15) is 6.07 Å². The van der Waals surface area contributed by atoms with Crippen molar-refractivity contribution in [3.05, 3.63) is 47.8 Å². The van der Waals surface area contributed by atoms with Gasteiger partial charge in [-0.15, -0.1) is 0 Å². The van der Waals surface area contributed by atoms with Crippen LogP contribution in [0.1, 0.15) is 25.0 Å². The Morgan fingerprint density at radius 3 is 2.73 bits per heavy atom. The number of amides is 1. The van der Waals surface area contributed by atoms with E-state index < -0.39 is 0 Å². The highest BCUT2D eigenvalue weighted by atomic mass is 16.2. The second kappa shape index (κ2) is 7.93. The van der Waals surface area contributed by atoms with Crippen LogP contribution in [0.3, 0.4) is 0 Å². The smallest absolute Gasteiger partial charge is 0.241 e. The maximum absolute atomic E-state index is 12.7. The molecule has 1 aromatic heterocycles. The Morgan fingerprint density at radius 1 is 1.31 bits per heavy atom. The van der Waals surface area contributed by atoms with Gasteiger partial charge in [0.25, 0.3) is 0 Å². The van der Waals surface area contributed by atoms with Crippen LogP contribution in [0.2, 0.25) is 0 Å². The van der Waals surface area contributed by atoms with Crippen LogP contribution >= 0.6 is 0 Å². The molecule has 1 aromatic carbocycles. The summed E-state index contributed by atoms with van der Waals surface area (Å²) in [4.78, 5) is 25.1. The Bertz CT molecular complexity index is 814. The minimum absolute atomic E-state index is 0.00371. The average molecular weight is 350 g/mol. The van der Waals surface area contributed by atoms with E-state index in [1.54, 1.807) is 23.4 Å². The Balaban J connectivity index is 1.70. The summed E-state index contributed by atoms with van der Waals surface area (Å²) in [6.45, 7) is 6.32. The number of nitriles is 1. The molecule has 7 heteroatoms. The standard InChI is InChI=1S/C19H22N6O/c1-3-21-19-22-9-15(10-23-19)12-24-13-18(26)25(11-14(24)2)17-7-5-4-6-16(17)8-20/h4-7,9-10,14H,3,11-13H2,1-2H3,(H,21,22,23)/t14-/m0/s1. The number of piperazine rings is 1. The number of nitrogens with one attached hydrogen (secondary N) is 1. The van der Waals surface area contributed by atoms with Crippen molar-refractivity contribution in [1.82, 2.24) is 14.9 Å². The van der Waals surface area contributed by atoms with Gasteiger partial charge >= 0.3 is 0 Å². The fourth-order valence-electron chi connectivity index (χ4n) is 3.06. The van der Waals surface area contributed by atoms with Crippen LogP contribution < -0.4 is 10.2 Å². The van der Waals surface area contributed by atoms with Gasteiger partial charge in [0, 0.05) is 43.6 Å². The van der Waals surface area contributed by atoms with Gasteiger partial charge in [0.05, 0.1) is 17.8 Å². The van der Waals surface area contributed by atoms with Crippen LogP contribution in [0, 0.1) is 11.3 Å². The third kappa shape index (κ3) is 3.81. The van der Waals surface area contributed by atoms with Crippen molar-refractivity contribution in [3.8, 4) is 6.07 Å². The Labute approximate surface area is 153 Å². The number of hydrogen-bond acceptors (Lipinski definition) is 6. The zero-order valence-corrected chi connectivity index (χ0v) is 15.0. The molecule has 2 aromatic rings. The lowest BCUT2D eigenvalue weighted by Crippen LogP contribution is -2.55. The van der Waals surface area contributed by atoms with E-state index in [-0.39, 0.29) is 11.9 Å². The molecule has 134 valence electrons. The summed E-state index contributed by atoms with van der Waals surface area (Å²) in [6, 6.07) is 9.55. The number of para-hydroxylation sites is 1. The molecule has 0 radical (unpaired) electrons. The molecule has 0 bridgehead atoms. The molecule has 0 spiro atoms. The van der Waals surface area contributed by atoms with Crippen molar-refractivity contribution in [2.24, 2.45) is 0 Å². The van der Waals surface area contributed by atoms with Gasteiger partial charge in [0.2, 0.25) is 11.9 Å². The number of anilines is 2. The molecule has 3 rings (SSSR count). The van der Waals surface area contributed by atoms with Crippen LogP contribution in [0.15, 0.2) is 36.7 Å². The normalized spacial score (nSPS) is 17.8. The van der Waals surface area contributed by atoms with Gasteiger partial charge in [-0.3, -0.25) is 9.69 Å². The highest BCUT2D eigenvalue weighted by molar-refractivity contribution is 5.96. The first kappa shape index (κ1) is 17.8. The number of benzene rings is 1. The fraction of sp³-hybridized carbons (Fsp3) is 0.368. The number of carbonyl (C=O) groups is 1. The largest absolute Gasteiger partial charge is 0.355 e. The number of aromatic nitrogens is 2. The van der Waals surface area contributed by atoms with Crippen molar-refractivity contribution in [2.75, 3.05) is 29.9 Å². The Morgan fingerprint density at radius 2 is 2.04 bits per heavy atom. The van der Waals surface area contributed by atoms with Gasteiger partial charge in [0.15, 0.2) is 0 Å². The molecule has 1 atom stereocenters. The Kier molecular flexibility index (Phi) is 5.44. The van der Waals surface area contributed by atoms with E-state index in [4.69, 9.17) is 0 Å². The van der Waals surface area contributed by atoms with Crippen molar-refractivity contribution in [2.45, 2.75) is 26.4 Å². The molecule has 2 heterocycles. The van der Waals surface area contributed by atoms with Crippen LogP contribution in [0.25, 0.3) is 0 Å². The van der Waals surface area contributed by atoms with Gasteiger partial charge in [-0.05, 0) is 26.0 Å². The third-order valence-electron chi connectivity index (χ3n) is 4.45. The zero-order chi connectivity index (χ0) is 18.5. The topological polar surface area (TPSA) is 85.2 Å². The summed E-state index contributed by atoms with van der Waals surface area (Å²) < 4.78 is 0. The summed E-state index contributed by atoms with van der Waals surface area (Å²) in [5.41, 5.74) is 2.18. The van der Waals surface area contributed by atoms with Crippen molar-refractivity contribution < 1.29 is 4.79 Å². The Hall–Kier alpha value is -2.98. The molecule has 1 aliphatic rings. The van der Waals surface area contributed by atoms with Crippen LogP contribution in [0.4, 0.5) is 11.6 Å². The highest BCUT2D eigenvalue weighted by Crippen LogP contribution is 2.24. The lowest BCUT2D eigenvalue weighted by atomic mass is 10.1. The van der Waals surface area contributed by atoms with Crippen molar-refractivity contribution >= 4 is 17.5 Å². The molecule has 1 saturated heterocycles. The van der Waals surface area contributed by atoms with E-state index in [0.29, 0.717) is 36.8 Å². The monoisotopic (exact) mass is 350 g/mol. The van der Waals surface area contributed by atoms with Crippen LogP contribution in [0.5, 0.6) is 0 Å². The number of hydrogen-bond donors (Lipinski definition) is 1. The molecule has 7 nitrogen and oxygen atoms in total. The van der Waals surface area contributed by atoms with Crippen molar-refractivity contribution in [3.63, 3.8) is 0 Å². The first-order chi connectivity index (χ1) is 12.6. The molecule has 1 amide bonds. The molecule has 26 heavy (non-hydrogen) atoms. The molecule has 1 aliphatic heterocycles. The van der Waals surface area contributed by atoms with Gasteiger partial charge in [-0.1, -0.05) is 12.1 Å². The molecular formula is C19H22N6O. The van der Waals surface area contributed by atoms with Crippen LogP contribution in [-0.2, 0) is 11.3 Å². The molecule has 1 fully saturated rings. The van der Waals surface area contributed by atoms with E-state index in [1.165, 1.54) is 0 Å². The SMILES string of the molecule is CCNc1ncc(CN2CC(=O)N(c3ccccc3C#N)C[C@@H]2C)cn1. The van der Waals surface area contributed by atoms with Crippen molar-refractivity contribution in [1.29, 1.82) is 5.26 Å². The average Bonchev–Trinajstić information content (AvgIpc) is 2.66. The van der Waals surface area contributed by atoms with Gasteiger partial charge in [-0.2, -0.15) is 5.26 Å². The summed E-state index contributed by atoms with van der Waals surface area (Å²) in [5, 5.41) is 12.4. The fourth-order valence-corrected chi connectivity index (χ4v) is 3.06. The zero-order valence-electron chi connectivity index (χ0n) is 15.0.